The first-order valence-electron chi connectivity index (χ1n) is 3.83. The van der Waals surface area contributed by atoms with E-state index in [1.807, 2.05) is 30.3 Å². The maximum atomic E-state index is 11.5. The maximum absolute atomic E-state index is 11.5. The monoisotopic (exact) mass is 159 g/mol. The van der Waals surface area contributed by atoms with E-state index in [0.29, 0.717) is 0 Å². The number of benzene rings is 1. The zero-order valence-corrected chi connectivity index (χ0v) is 6.82. The van der Waals surface area contributed by atoms with E-state index in [2.05, 4.69) is 0 Å². The molecule has 0 atom stereocenters. The minimum Gasteiger partial charge on any atom is -0.318 e. The van der Waals surface area contributed by atoms with E-state index >= 15 is 0 Å². The van der Waals surface area contributed by atoms with Crippen LogP contribution in [0.1, 0.15) is 0 Å². The third-order valence-corrected chi connectivity index (χ3v) is 1.99. The largest absolute Gasteiger partial charge is 0.318 e. The van der Waals surface area contributed by atoms with Crippen LogP contribution in [0.4, 0.5) is 0 Å². The minimum atomic E-state index is 0.0631. The molecule has 0 amide bonds. The number of aryl methyl sites for hydroxylation is 1. The molecule has 0 saturated carbocycles. The molecule has 12 heavy (non-hydrogen) atoms. The van der Waals surface area contributed by atoms with E-state index < -0.39 is 0 Å². The lowest BCUT2D eigenvalue weighted by Crippen LogP contribution is -2.15. The number of nitrogens with zero attached hydrogens (tertiary/aromatic N) is 1. The van der Waals surface area contributed by atoms with Gasteiger partial charge in [-0.3, -0.25) is 4.79 Å². The quantitative estimate of drug-likeness (QED) is 0.571. The van der Waals surface area contributed by atoms with Gasteiger partial charge in [-0.15, -0.1) is 0 Å². The van der Waals surface area contributed by atoms with Gasteiger partial charge in [-0.1, -0.05) is 18.2 Å². The van der Waals surface area contributed by atoms with Gasteiger partial charge in [0.25, 0.3) is 5.56 Å². The van der Waals surface area contributed by atoms with Crippen molar-refractivity contribution in [3.8, 4) is 0 Å². The molecular formula is C10H9NO. The van der Waals surface area contributed by atoms with Crippen LogP contribution in [0.15, 0.2) is 41.3 Å². The van der Waals surface area contributed by atoms with E-state index in [-0.39, 0.29) is 5.56 Å². The topological polar surface area (TPSA) is 22.0 Å². The lowest BCUT2D eigenvalue weighted by Gasteiger charge is -1.98. The predicted molar refractivity (Wildman–Crippen MR) is 49.2 cm³/mol. The summed E-state index contributed by atoms with van der Waals surface area (Å²) in [6.07, 6.45) is 1.78. The van der Waals surface area contributed by atoms with Crippen molar-refractivity contribution in [2.45, 2.75) is 0 Å². The summed E-state index contributed by atoms with van der Waals surface area (Å²) in [4.78, 5) is 11.5. The molecule has 0 unspecified atom stereocenters. The molecule has 0 spiro atoms. The zero-order valence-electron chi connectivity index (χ0n) is 6.82. The number of hydrogen-bond acceptors (Lipinski definition) is 1. The second-order valence-electron chi connectivity index (χ2n) is 2.82. The molecule has 0 N–H and O–H groups in total. The van der Waals surface area contributed by atoms with Gasteiger partial charge in [-0.25, -0.2) is 0 Å². The van der Waals surface area contributed by atoms with Crippen LogP contribution >= 0.6 is 0 Å². The number of rotatable bonds is 0. The number of hydrogen-bond donors (Lipinski definition) is 0. The number of pyridine rings is 1. The lowest BCUT2D eigenvalue weighted by molar-refractivity contribution is 0.873. The second-order valence-corrected chi connectivity index (χ2v) is 2.82. The van der Waals surface area contributed by atoms with E-state index in [9.17, 15) is 4.79 Å². The third-order valence-electron chi connectivity index (χ3n) is 1.99. The van der Waals surface area contributed by atoms with Crippen molar-refractivity contribution in [2.75, 3.05) is 0 Å². The molecule has 0 saturated heterocycles. The van der Waals surface area contributed by atoms with Gasteiger partial charge in [0.2, 0.25) is 0 Å². The molecule has 2 heteroatoms. The van der Waals surface area contributed by atoms with Crippen molar-refractivity contribution in [3.63, 3.8) is 0 Å². The van der Waals surface area contributed by atoms with Crippen molar-refractivity contribution in [1.82, 2.24) is 4.57 Å². The Labute approximate surface area is 70.1 Å². The highest BCUT2D eigenvalue weighted by Gasteiger charge is 1.96. The van der Waals surface area contributed by atoms with Crippen molar-refractivity contribution >= 4 is 10.8 Å². The Morgan fingerprint density at radius 3 is 2.75 bits per heavy atom. The summed E-state index contributed by atoms with van der Waals surface area (Å²) in [5, 5.41) is 1.78. The zero-order chi connectivity index (χ0) is 8.55. The van der Waals surface area contributed by atoms with Crippen LogP contribution in [0.2, 0.25) is 0 Å². The van der Waals surface area contributed by atoms with Crippen molar-refractivity contribution in [2.24, 2.45) is 7.05 Å². The first-order chi connectivity index (χ1) is 5.79. The third kappa shape index (κ3) is 0.925. The summed E-state index contributed by atoms with van der Waals surface area (Å²) in [7, 11) is 1.76. The molecule has 0 fully saturated rings. The summed E-state index contributed by atoms with van der Waals surface area (Å²) < 4.78 is 1.59. The Morgan fingerprint density at radius 2 is 1.92 bits per heavy atom. The summed E-state index contributed by atoms with van der Waals surface area (Å²) in [6, 6.07) is 9.54. The van der Waals surface area contributed by atoms with Crippen molar-refractivity contribution in [3.05, 3.63) is 46.9 Å². The molecule has 1 aromatic carbocycles. The Kier molecular flexibility index (Phi) is 1.47. The normalized spacial score (nSPS) is 10.4. The van der Waals surface area contributed by atoms with Gasteiger partial charge in [0.15, 0.2) is 0 Å². The van der Waals surface area contributed by atoms with Crippen LogP contribution in [-0.2, 0) is 7.05 Å². The van der Waals surface area contributed by atoms with Crippen LogP contribution in [0.5, 0.6) is 0 Å². The van der Waals surface area contributed by atoms with E-state index in [1.165, 1.54) is 0 Å². The Bertz CT molecular complexity index is 470. The second kappa shape index (κ2) is 2.48. The first kappa shape index (κ1) is 7.10. The van der Waals surface area contributed by atoms with Crippen LogP contribution in [0, 0.1) is 0 Å². The van der Waals surface area contributed by atoms with E-state index in [0.717, 1.165) is 10.8 Å². The average Bonchev–Trinajstić information content (AvgIpc) is 2.12. The summed E-state index contributed by atoms with van der Waals surface area (Å²) >= 11 is 0. The Morgan fingerprint density at radius 1 is 1.17 bits per heavy atom. The SMILES string of the molecule is Cn1ccc2ccccc2c1=O. The molecule has 0 bridgehead atoms. The Hall–Kier alpha value is -1.57. The maximum Gasteiger partial charge on any atom is 0.258 e. The highest BCUT2D eigenvalue weighted by atomic mass is 16.1. The van der Waals surface area contributed by atoms with Crippen LogP contribution in [0.3, 0.4) is 0 Å². The Balaban J connectivity index is 3.01. The molecule has 0 radical (unpaired) electrons. The first-order valence-corrected chi connectivity index (χ1v) is 3.83. The molecule has 2 nitrogen and oxygen atoms in total. The number of fused-ring (bicyclic) bond motifs is 1. The van der Waals surface area contributed by atoms with E-state index in [1.54, 1.807) is 17.8 Å². The van der Waals surface area contributed by atoms with Crippen LogP contribution in [-0.4, -0.2) is 4.57 Å². The highest BCUT2D eigenvalue weighted by molar-refractivity contribution is 5.81. The van der Waals surface area contributed by atoms with Gasteiger partial charge in [0.1, 0.15) is 0 Å². The van der Waals surface area contributed by atoms with Gasteiger partial charge in [-0.2, -0.15) is 0 Å². The van der Waals surface area contributed by atoms with Crippen molar-refractivity contribution < 1.29 is 0 Å². The standard InChI is InChI=1S/C10H9NO/c1-11-7-6-8-4-2-3-5-9(8)10(11)12/h2-7H,1H3. The van der Waals surface area contributed by atoms with Gasteiger partial charge in [0, 0.05) is 18.6 Å². The summed E-state index contributed by atoms with van der Waals surface area (Å²) in [6.45, 7) is 0. The molecular weight excluding hydrogens is 150 g/mol. The van der Waals surface area contributed by atoms with Gasteiger partial charge in [-0.05, 0) is 17.5 Å². The fourth-order valence-corrected chi connectivity index (χ4v) is 1.29. The number of aromatic nitrogens is 1. The molecule has 60 valence electrons. The highest BCUT2D eigenvalue weighted by Crippen LogP contribution is 2.06. The van der Waals surface area contributed by atoms with E-state index in [4.69, 9.17) is 0 Å². The fourth-order valence-electron chi connectivity index (χ4n) is 1.29. The minimum absolute atomic E-state index is 0.0631. The molecule has 0 aliphatic rings. The average molecular weight is 159 g/mol. The molecule has 1 heterocycles. The van der Waals surface area contributed by atoms with Crippen molar-refractivity contribution in [1.29, 1.82) is 0 Å². The fraction of sp³-hybridized carbons (Fsp3) is 0.100. The van der Waals surface area contributed by atoms with Gasteiger partial charge in [0.05, 0.1) is 0 Å². The molecule has 0 aliphatic carbocycles. The van der Waals surface area contributed by atoms with Gasteiger partial charge < -0.3 is 4.57 Å². The summed E-state index contributed by atoms with van der Waals surface area (Å²) in [5.41, 5.74) is 0.0631. The van der Waals surface area contributed by atoms with Gasteiger partial charge >= 0.3 is 0 Å². The molecule has 2 aromatic rings. The molecule has 1 aromatic heterocycles. The molecule has 2 rings (SSSR count). The van der Waals surface area contributed by atoms with Crippen LogP contribution < -0.4 is 5.56 Å². The molecule has 0 aliphatic heterocycles. The van der Waals surface area contributed by atoms with Crippen LogP contribution in [0.25, 0.3) is 10.8 Å². The summed E-state index contributed by atoms with van der Waals surface area (Å²) in [5.74, 6) is 0. The smallest absolute Gasteiger partial charge is 0.258 e. The predicted octanol–water partition coefficient (Wildman–Crippen LogP) is 1.54. The lowest BCUT2D eigenvalue weighted by atomic mass is 10.2.